The molecule has 144 valence electrons. The minimum absolute atomic E-state index is 0.0510. The van der Waals surface area contributed by atoms with Crippen LogP contribution in [-0.2, 0) is 9.53 Å². The Labute approximate surface area is 167 Å². The predicted octanol–water partition coefficient (Wildman–Crippen LogP) is 2.77. The highest BCUT2D eigenvalue weighted by atomic mass is 35.5. The summed E-state index contributed by atoms with van der Waals surface area (Å²) in [5.74, 6) is 0.869. The minimum Gasteiger partial charge on any atom is -0.423 e. The molecule has 0 N–H and O–H groups in total. The molecule has 0 spiro atoms. The van der Waals surface area contributed by atoms with Crippen molar-refractivity contribution >= 4 is 35.2 Å². The van der Waals surface area contributed by atoms with Crippen LogP contribution in [0, 0.1) is 0 Å². The van der Waals surface area contributed by atoms with Crippen molar-refractivity contribution in [3.8, 4) is 0 Å². The molecule has 2 aromatic rings. The van der Waals surface area contributed by atoms with E-state index in [-0.39, 0.29) is 18.4 Å². The van der Waals surface area contributed by atoms with E-state index >= 15 is 0 Å². The number of unbranched alkanes of at least 4 members (excludes halogenated alkanes) is 1. The highest BCUT2D eigenvalue weighted by molar-refractivity contribution is 6.30. The average molecular weight is 399 g/mol. The molecule has 0 atom stereocenters. The lowest BCUT2D eigenvalue weighted by Crippen LogP contribution is -2.51. The van der Waals surface area contributed by atoms with Gasteiger partial charge in [0.05, 0.1) is 29.5 Å². The van der Waals surface area contributed by atoms with Gasteiger partial charge in [-0.1, -0.05) is 29.8 Å². The monoisotopic (exact) mass is 398 g/mol. The van der Waals surface area contributed by atoms with Gasteiger partial charge in [-0.05, 0) is 25.0 Å². The lowest BCUT2D eigenvalue weighted by Gasteiger charge is -2.34. The van der Waals surface area contributed by atoms with Crippen LogP contribution in [0.2, 0.25) is 5.02 Å². The number of halogens is 1. The van der Waals surface area contributed by atoms with Crippen LogP contribution in [0.15, 0.2) is 42.7 Å². The molecule has 28 heavy (non-hydrogen) atoms. The second kappa shape index (κ2) is 7.98. The molecule has 0 saturated carbocycles. The first-order chi connectivity index (χ1) is 13.6. The second-order valence-electron chi connectivity index (χ2n) is 6.65. The van der Waals surface area contributed by atoms with Gasteiger partial charge in [0, 0.05) is 25.2 Å². The molecule has 1 aromatic carbocycles. The number of aromatic nitrogens is 2. The maximum Gasteiger partial charge on any atom is 0.344 e. The van der Waals surface area contributed by atoms with Gasteiger partial charge < -0.3 is 14.5 Å². The Morgan fingerprint density at radius 2 is 1.86 bits per heavy atom. The van der Waals surface area contributed by atoms with E-state index < -0.39 is 0 Å². The second-order valence-corrected chi connectivity index (χ2v) is 7.09. The Morgan fingerprint density at radius 3 is 2.61 bits per heavy atom. The van der Waals surface area contributed by atoms with E-state index in [1.165, 1.54) is 12.4 Å². The van der Waals surface area contributed by atoms with Gasteiger partial charge in [-0.15, -0.1) is 0 Å². The third-order valence-electron chi connectivity index (χ3n) is 4.79. The highest BCUT2D eigenvalue weighted by Gasteiger charge is 2.26. The van der Waals surface area contributed by atoms with Crippen molar-refractivity contribution in [2.24, 2.45) is 0 Å². The fourth-order valence-electron chi connectivity index (χ4n) is 3.34. The van der Waals surface area contributed by atoms with Crippen molar-refractivity contribution in [2.75, 3.05) is 31.1 Å². The number of rotatable bonds is 5. The van der Waals surface area contributed by atoms with Crippen LogP contribution in [0.1, 0.15) is 28.8 Å². The summed E-state index contributed by atoms with van der Waals surface area (Å²) >= 11 is 5.81. The fraction of sp³-hybridized carbons (Fsp3) is 0.300. The van der Waals surface area contributed by atoms with Crippen LogP contribution in [0.3, 0.4) is 0 Å². The maximum absolute atomic E-state index is 12.4. The summed E-state index contributed by atoms with van der Waals surface area (Å²) in [6.07, 6.45) is 6.51. The summed E-state index contributed by atoms with van der Waals surface area (Å²) in [7, 11) is 0. The van der Waals surface area contributed by atoms with Crippen molar-refractivity contribution in [3.05, 3.63) is 58.9 Å². The molecular formula is C20H19ClN4O3. The molecule has 7 nitrogen and oxygen atoms in total. The molecule has 1 fully saturated rings. The minimum atomic E-state index is -0.308. The Kier molecular flexibility index (Phi) is 5.25. The molecule has 3 heterocycles. The van der Waals surface area contributed by atoms with Gasteiger partial charge in [-0.3, -0.25) is 4.79 Å². The number of fused-ring (bicyclic) bond motifs is 1. The van der Waals surface area contributed by atoms with Gasteiger partial charge in [0.25, 0.3) is 0 Å². The first kappa shape index (κ1) is 18.4. The maximum atomic E-state index is 12.4. The van der Waals surface area contributed by atoms with Crippen LogP contribution in [-0.4, -0.2) is 52.9 Å². The summed E-state index contributed by atoms with van der Waals surface area (Å²) in [6, 6.07) is 7.36. The summed E-state index contributed by atoms with van der Waals surface area (Å²) in [5.41, 5.74) is 1.43. The van der Waals surface area contributed by atoms with Crippen LogP contribution in [0.4, 0.5) is 5.95 Å². The number of amides is 1. The number of piperazine rings is 1. The van der Waals surface area contributed by atoms with Crippen molar-refractivity contribution in [1.29, 1.82) is 0 Å². The number of hydrogen-bond acceptors (Lipinski definition) is 6. The number of esters is 1. The standard InChI is InChI=1S/C20H19ClN4O3/c21-14-11-22-20(23-12-14)25-10-9-24(18(26)13-25)8-4-3-7-17-15-5-1-2-6-16(15)19(27)28-17/h1-2,5-7,11-12H,3-4,8-10,13H2. The number of anilines is 1. The van der Waals surface area contributed by atoms with Crippen LogP contribution < -0.4 is 4.90 Å². The molecule has 0 aliphatic carbocycles. The van der Waals surface area contributed by atoms with E-state index in [0.717, 1.165) is 18.4 Å². The molecule has 2 aliphatic rings. The van der Waals surface area contributed by atoms with Gasteiger partial charge in [-0.25, -0.2) is 14.8 Å². The summed E-state index contributed by atoms with van der Waals surface area (Å²) in [6.45, 7) is 2.22. The molecule has 1 saturated heterocycles. The number of carbonyl (C=O) groups is 2. The largest absolute Gasteiger partial charge is 0.423 e. The van der Waals surface area contributed by atoms with Gasteiger partial charge in [0.1, 0.15) is 5.76 Å². The molecule has 1 amide bonds. The van der Waals surface area contributed by atoms with Crippen molar-refractivity contribution in [3.63, 3.8) is 0 Å². The molecule has 2 aliphatic heterocycles. The summed E-state index contributed by atoms with van der Waals surface area (Å²) in [4.78, 5) is 36.3. The topological polar surface area (TPSA) is 75.6 Å². The van der Waals surface area contributed by atoms with E-state index in [1.807, 2.05) is 34.1 Å². The number of cyclic esters (lactones) is 1. The van der Waals surface area contributed by atoms with Crippen LogP contribution in [0.5, 0.6) is 0 Å². The number of ether oxygens (including phenoxy) is 1. The highest BCUT2D eigenvalue weighted by Crippen LogP contribution is 2.29. The van der Waals surface area contributed by atoms with E-state index in [2.05, 4.69) is 9.97 Å². The number of benzene rings is 1. The van der Waals surface area contributed by atoms with Crippen molar-refractivity contribution in [1.82, 2.24) is 14.9 Å². The predicted molar refractivity (Wildman–Crippen MR) is 105 cm³/mol. The molecular weight excluding hydrogens is 380 g/mol. The zero-order valence-electron chi connectivity index (χ0n) is 15.2. The molecule has 0 bridgehead atoms. The third-order valence-corrected chi connectivity index (χ3v) is 4.98. The van der Waals surface area contributed by atoms with Crippen molar-refractivity contribution in [2.45, 2.75) is 12.8 Å². The lowest BCUT2D eigenvalue weighted by atomic mass is 10.1. The van der Waals surface area contributed by atoms with E-state index in [1.54, 1.807) is 6.07 Å². The van der Waals surface area contributed by atoms with Crippen molar-refractivity contribution < 1.29 is 14.3 Å². The Balaban J connectivity index is 1.28. The zero-order valence-corrected chi connectivity index (χ0v) is 15.9. The summed E-state index contributed by atoms with van der Waals surface area (Å²) in [5, 5.41) is 0.471. The number of hydrogen-bond donors (Lipinski definition) is 0. The first-order valence-electron chi connectivity index (χ1n) is 9.14. The lowest BCUT2D eigenvalue weighted by molar-refractivity contribution is -0.131. The zero-order chi connectivity index (χ0) is 19.5. The average Bonchev–Trinajstić information content (AvgIpc) is 3.03. The normalized spacial score (nSPS) is 17.8. The quantitative estimate of drug-likeness (QED) is 0.569. The summed E-state index contributed by atoms with van der Waals surface area (Å²) < 4.78 is 5.33. The molecule has 8 heteroatoms. The number of allylic oxidation sites excluding steroid dienone is 1. The van der Waals surface area contributed by atoms with Gasteiger partial charge in [0.2, 0.25) is 11.9 Å². The molecule has 4 rings (SSSR count). The third kappa shape index (κ3) is 3.84. The van der Waals surface area contributed by atoms with E-state index in [0.29, 0.717) is 41.9 Å². The Hall–Kier alpha value is -2.93. The smallest absolute Gasteiger partial charge is 0.344 e. The van der Waals surface area contributed by atoms with E-state index in [4.69, 9.17) is 16.3 Å². The number of carbonyl (C=O) groups excluding carboxylic acids is 2. The molecule has 0 radical (unpaired) electrons. The van der Waals surface area contributed by atoms with Crippen LogP contribution >= 0.6 is 11.6 Å². The fourth-order valence-corrected chi connectivity index (χ4v) is 3.43. The van der Waals surface area contributed by atoms with Gasteiger partial charge in [-0.2, -0.15) is 0 Å². The van der Waals surface area contributed by atoms with Crippen LogP contribution in [0.25, 0.3) is 5.76 Å². The molecule has 1 aromatic heterocycles. The van der Waals surface area contributed by atoms with Gasteiger partial charge in [0.15, 0.2) is 0 Å². The Morgan fingerprint density at radius 1 is 1.11 bits per heavy atom. The first-order valence-corrected chi connectivity index (χ1v) is 9.51. The molecule has 0 unspecified atom stereocenters. The van der Waals surface area contributed by atoms with E-state index in [9.17, 15) is 9.59 Å². The SMILES string of the molecule is O=C1OC(=CCCCN2CCN(c3ncc(Cl)cn3)CC2=O)c2ccccc21. The van der Waals surface area contributed by atoms with Gasteiger partial charge >= 0.3 is 5.97 Å². The Bertz CT molecular complexity index is 929. The number of nitrogens with zero attached hydrogens (tertiary/aromatic N) is 4.